The Hall–Kier alpha value is -2.48. The second-order valence-corrected chi connectivity index (χ2v) is 7.55. The van der Waals surface area contributed by atoms with Gasteiger partial charge in [-0.1, -0.05) is 30.3 Å². The van der Waals surface area contributed by atoms with Crippen molar-refractivity contribution in [2.24, 2.45) is 0 Å². The van der Waals surface area contributed by atoms with E-state index in [-0.39, 0.29) is 6.04 Å². The molecule has 1 aromatic carbocycles. The van der Waals surface area contributed by atoms with E-state index in [4.69, 9.17) is 9.47 Å². The first-order chi connectivity index (χ1) is 14.1. The van der Waals surface area contributed by atoms with Crippen LogP contribution in [0, 0.1) is 0 Å². The van der Waals surface area contributed by atoms with E-state index in [9.17, 15) is 9.90 Å². The quantitative estimate of drug-likeness (QED) is 0.787. The minimum absolute atomic E-state index is 0.0790. The number of nitrogens with zero attached hydrogens (tertiary/aromatic N) is 3. The fraction of sp³-hybridized carbons (Fsp3) is 0.455. The Kier molecular flexibility index (Phi) is 5.80. The van der Waals surface area contributed by atoms with Gasteiger partial charge in [0.05, 0.1) is 31.9 Å². The molecule has 0 bridgehead atoms. The van der Waals surface area contributed by atoms with Crippen molar-refractivity contribution in [3.05, 3.63) is 59.8 Å². The maximum Gasteiger partial charge on any atom is 0.339 e. The number of aromatic nitrogens is 1. The van der Waals surface area contributed by atoms with Crippen LogP contribution >= 0.6 is 0 Å². The number of pyridine rings is 1. The van der Waals surface area contributed by atoms with Crippen LogP contribution in [-0.2, 0) is 15.1 Å². The largest absolute Gasteiger partial charge is 0.465 e. The van der Waals surface area contributed by atoms with Crippen LogP contribution in [0.2, 0.25) is 0 Å². The van der Waals surface area contributed by atoms with Gasteiger partial charge in [-0.05, 0) is 24.1 Å². The molecule has 0 saturated carbocycles. The number of methoxy groups -OCH3 is 1. The summed E-state index contributed by atoms with van der Waals surface area (Å²) in [4.78, 5) is 20.6. The molecule has 1 aromatic heterocycles. The minimum Gasteiger partial charge on any atom is -0.465 e. The van der Waals surface area contributed by atoms with Crippen molar-refractivity contribution < 1.29 is 19.4 Å². The van der Waals surface area contributed by atoms with Gasteiger partial charge in [-0.2, -0.15) is 0 Å². The maximum atomic E-state index is 11.8. The lowest BCUT2D eigenvalue weighted by molar-refractivity contribution is -0.0911. The summed E-state index contributed by atoms with van der Waals surface area (Å²) in [5.41, 5.74) is 0.449. The highest BCUT2D eigenvalue weighted by Crippen LogP contribution is 2.37. The topological polar surface area (TPSA) is 75.1 Å². The predicted octanol–water partition coefficient (Wildman–Crippen LogP) is 1.67. The van der Waals surface area contributed by atoms with E-state index in [1.165, 1.54) is 7.11 Å². The van der Waals surface area contributed by atoms with E-state index in [2.05, 4.69) is 14.8 Å². The van der Waals surface area contributed by atoms with E-state index in [0.29, 0.717) is 38.3 Å². The summed E-state index contributed by atoms with van der Waals surface area (Å²) < 4.78 is 10.3. The van der Waals surface area contributed by atoms with Gasteiger partial charge in [-0.3, -0.25) is 4.90 Å². The lowest BCUT2D eigenvalue weighted by Gasteiger charge is -2.50. The molecule has 2 aromatic rings. The van der Waals surface area contributed by atoms with Crippen molar-refractivity contribution in [2.45, 2.75) is 18.1 Å². The highest BCUT2D eigenvalue weighted by Gasteiger charge is 2.46. The monoisotopic (exact) mass is 397 g/mol. The Bertz CT molecular complexity index is 824. The Morgan fingerprint density at radius 3 is 2.59 bits per heavy atom. The molecule has 0 unspecified atom stereocenters. The van der Waals surface area contributed by atoms with Crippen molar-refractivity contribution in [3.8, 4) is 0 Å². The van der Waals surface area contributed by atoms with Gasteiger partial charge < -0.3 is 19.5 Å². The number of ether oxygens (including phenoxy) is 2. The van der Waals surface area contributed by atoms with Crippen molar-refractivity contribution >= 4 is 11.8 Å². The Morgan fingerprint density at radius 2 is 1.93 bits per heavy atom. The summed E-state index contributed by atoms with van der Waals surface area (Å²) in [6.45, 7) is 4.26. The van der Waals surface area contributed by atoms with Crippen molar-refractivity contribution in [1.29, 1.82) is 0 Å². The molecule has 4 rings (SSSR count). The Labute approximate surface area is 170 Å². The molecule has 2 aliphatic heterocycles. The van der Waals surface area contributed by atoms with Crippen molar-refractivity contribution in [3.63, 3.8) is 0 Å². The fourth-order valence-electron chi connectivity index (χ4n) is 4.31. The second kappa shape index (κ2) is 8.49. The summed E-state index contributed by atoms with van der Waals surface area (Å²) in [6.07, 6.45) is 2.14. The molecule has 0 radical (unpaired) electrons. The van der Waals surface area contributed by atoms with Gasteiger partial charge in [0.1, 0.15) is 11.4 Å². The molecule has 2 saturated heterocycles. The third-order valence-corrected chi connectivity index (χ3v) is 5.96. The van der Waals surface area contributed by atoms with Crippen LogP contribution in [0.4, 0.5) is 5.82 Å². The first-order valence-corrected chi connectivity index (χ1v) is 10.0. The zero-order chi connectivity index (χ0) is 20.3. The predicted molar refractivity (Wildman–Crippen MR) is 109 cm³/mol. The smallest absolute Gasteiger partial charge is 0.339 e. The van der Waals surface area contributed by atoms with Crippen LogP contribution in [0.15, 0.2) is 48.7 Å². The number of esters is 1. The maximum absolute atomic E-state index is 11.8. The number of hydrogen-bond donors (Lipinski definition) is 1. The molecular weight excluding hydrogens is 370 g/mol. The van der Waals surface area contributed by atoms with Gasteiger partial charge in [-0.25, -0.2) is 9.78 Å². The van der Waals surface area contributed by atoms with E-state index in [1.54, 1.807) is 12.3 Å². The van der Waals surface area contributed by atoms with E-state index in [0.717, 1.165) is 24.5 Å². The Balaban J connectivity index is 1.60. The number of hydrogen-bond acceptors (Lipinski definition) is 7. The van der Waals surface area contributed by atoms with Crippen LogP contribution in [0.1, 0.15) is 22.3 Å². The number of benzene rings is 1. The number of aliphatic hydroxyl groups is 1. The molecule has 0 amide bonds. The van der Waals surface area contributed by atoms with Gasteiger partial charge in [0.15, 0.2) is 0 Å². The standard InChI is InChI=1S/C22H27N3O4/c1-28-21(26)17-7-8-20(23-15-17)25-10-9-22(27,18-5-3-2-4-6-18)19(16-25)24-11-13-29-14-12-24/h2-8,15,19,27H,9-14,16H2,1H3/t19-,22+/m1/s1. The van der Waals surface area contributed by atoms with Gasteiger partial charge in [-0.15, -0.1) is 0 Å². The van der Waals surface area contributed by atoms with Crippen molar-refractivity contribution in [1.82, 2.24) is 9.88 Å². The molecule has 3 heterocycles. The highest BCUT2D eigenvalue weighted by molar-refractivity contribution is 5.89. The van der Waals surface area contributed by atoms with Crippen molar-refractivity contribution in [2.75, 3.05) is 51.4 Å². The summed E-state index contributed by atoms with van der Waals surface area (Å²) in [5, 5.41) is 11.8. The first kappa shape index (κ1) is 19.8. The third kappa shape index (κ3) is 3.99. The Morgan fingerprint density at radius 1 is 1.17 bits per heavy atom. The molecule has 7 nitrogen and oxygen atoms in total. The number of carbonyl (C=O) groups excluding carboxylic acids is 1. The summed E-state index contributed by atoms with van der Waals surface area (Å²) in [7, 11) is 1.36. The fourth-order valence-corrected chi connectivity index (χ4v) is 4.31. The van der Waals surface area contributed by atoms with Gasteiger partial charge in [0.2, 0.25) is 0 Å². The highest BCUT2D eigenvalue weighted by atomic mass is 16.5. The normalized spacial score (nSPS) is 25.6. The number of anilines is 1. The molecule has 2 aliphatic rings. The van der Waals surface area contributed by atoms with E-state index < -0.39 is 11.6 Å². The number of piperidine rings is 1. The van der Waals surface area contributed by atoms with Crippen LogP contribution in [0.25, 0.3) is 0 Å². The molecular formula is C22H27N3O4. The molecule has 2 fully saturated rings. The summed E-state index contributed by atoms with van der Waals surface area (Å²) in [6, 6.07) is 13.4. The lowest BCUT2D eigenvalue weighted by Crippen LogP contribution is -2.62. The average molecular weight is 397 g/mol. The van der Waals surface area contributed by atoms with Gasteiger partial charge in [0, 0.05) is 32.4 Å². The number of morpholine rings is 1. The number of rotatable bonds is 4. The zero-order valence-electron chi connectivity index (χ0n) is 16.7. The summed E-state index contributed by atoms with van der Waals surface area (Å²) in [5.74, 6) is 0.401. The molecule has 0 spiro atoms. The van der Waals surface area contributed by atoms with Crippen LogP contribution < -0.4 is 4.90 Å². The lowest BCUT2D eigenvalue weighted by atomic mass is 9.79. The SMILES string of the molecule is COC(=O)c1ccc(N2CC[C@](O)(c3ccccc3)[C@H](N3CCOCC3)C2)nc1. The van der Waals surface area contributed by atoms with Crippen LogP contribution in [-0.4, -0.2) is 73.5 Å². The zero-order valence-corrected chi connectivity index (χ0v) is 16.7. The van der Waals surface area contributed by atoms with E-state index >= 15 is 0 Å². The van der Waals surface area contributed by atoms with E-state index in [1.807, 2.05) is 36.4 Å². The molecule has 0 aliphatic carbocycles. The number of carbonyl (C=O) groups is 1. The molecule has 154 valence electrons. The second-order valence-electron chi connectivity index (χ2n) is 7.55. The molecule has 1 N–H and O–H groups in total. The average Bonchev–Trinajstić information content (AvgIpc) is 2.80. The summed E-state index contributed by atoms with van der Waals surface area (Å²) >= 11 is 0. The first-order valence-electron chi connectivity index (χ1n) is 10.0. The van der Waals surface area contributed by atoms with Crippen LogP contribution in [0.3, 0.4) is 0 Å². The molecule has 7 heteroatoms. The molecule has 2 atom stereocenters. The molecule has 29 heavy (non-hydrogen) atoms. The van der Waals surface area contributed by atoms with Gasteiger partial charge in [0.25, 0.3) is 0 Å². The third-order valence-electron chi connectivity index (χ3n) is 5.96. The minimum atomic E-state index is -0.930. The van der Waals surface area contributed by atoms with Gasteiger partial charge >= 0.3 is 5.97 Å². The van der Waals surface area contributed by atoms with Crippen LogP contribution in [0.5, 0.6) is 0 Å².